The second kappa shape index (κ2) is 11.2. The van der Waals surface area contributed by atoms with E-state index in [1.54, 1.807) is 24.3 Å². The number of carbonyl (C=O) groups is 2. The quantitative estimate of drug-likeness (QED) is 0.219. The maximum Gasteiger partial charge on any atom is 0.259 e. The smallest absolute Gasteiger partial charge is 0.259 e. The van der Waals surface area contributed by atoms with Crippen LogP contribution in [0, 0.1) is 6.92 Å². The molecule has 2 aromatic carbocycles. The average Bonchev–Trinajstić information content (AvgIpc) is 2.78. The van der Waals surface area contributed by atoms with Crippen molar-refractivity contribution in [1.29, 1.82) is 0 Å². The van der Waals surface area contributed by atoms with Gasteiger partial charge >= 0.3 is 0 Å². The number of benzene rings is 2. The topological polar surface area (TPSA) is 92.7 Å². The summed E-state index contributed by atoms with van der Waals surface area (Å²) in [5.41, 5.74) is 5.27. The molecule has 0 atom stereocenters. The zero-order chi connectivity index (χ0) is 22.9. The monoisotopic (exact) mass is 452 g/mol. The lowest BCUT2D eigenvalue weighted by Crippen LogP contribution is -2.34. The maximum absolute atomic E-state index is 12.2. The summed E-state index contributed by atoms with van der Waals surface area (Å²) in [6.45, 7) is 4.50. The summed E-state index contributed by atoms with van der Waals surface area (Å²) < 4.78 is 5.57. The third kappa shape index (κ3) is 6.52. The summed E-state index contributed by atoms with van der Waals surface area (Å²) >= 11 is 6.21. The van der Waals surface area contributed by atoms with Crippen LogP contribution in [0.4, 0.5) is 0 Å². The molecule has 1 aromatic heterocycles. The number of halogens is 1. The minimum atomic E-state index is -0.463. The Morgan fingerprint density at radius 1 is 1.16 bits per heavy atom. The molecule has 0 aliphatic heterocycles. The highest BCUT2D eigenvalue weighted by Gasteiger charge is 2.08. The first-order valence-electron chi connectivity index (χ1n) is 10.4. The summed E-state index contributed by atoms with van der Waals surface area (Å²) in [6.07, 6.45) is 3.45. The first kappa shape index (κ1) is 23.2. The van der Waals surface area contributed by atoms with Crippen LogP contribution in [0.2, 0.25) is 5.15 Å². The number of nitrogens with zero attached hydrogens (tertiary/aromatic N) is 2. The summed E-state index contributed by atoms with van der Waals surface area (Å²) in [5, 5.41) is 7.67. The van der Waals surface area contributed by atoms with E-state index in [9.17, 15) is 9.59 Å². The number of aryl methyl sites for hydroxylation is 1. The van der Waals surface area contributed by atoms with Crippen molar-refractivity contribution >= 4 is 40.5 Å². The van der Waals surface area contributed by atoms with Gasteiger partial charge < -0.3 is 10.1 Å². The second-order valence-corrected chi connectivity index (χ2v) is 7.62. The zero-order valence-corrected chi connectivity index (χ0v) is 18.8. The van der Waals surface area contributed by atoms with Gasteiger partial charge in [-0.05, 0) is 55.3 Å². The predicted molar refractivity (Wildman–Crippen MR) is 126 cm³/mol. The van der Waals surface area contributed by atoms with Gasteiger partial charge in [0.15, 0.2) is 0 Å². The Bertz CT molecular complexity index is 1130. The van der Waals surface area contributed by atoms with E-state index in [-0.39, 0.29) is 17.6 Å². The summed E-state index contributed by atoms with van der Waals surface area (Å²) in [4.78, 5) is 28.6. The molecule has 166 valence electrons. The number of carbonyl (C=O) groups excluding carboxylic acids is 2. The minimum Gasteiger partial charge on any atom is -0.494 e. The highest BCUT2D eigenvalue weighted by Crippen LogP contribution is 2.20. The van der Waals surface area contributed by atoms with Crippen LogP contribution < -0.4 is 15.5 Å². The lowest BCUT2D eigenvalue weighted by Gasteiger charge is -2.07. The number of fused-ring (bicyclic) bond motifs is 1. The number of hydrazone groups is 1. The molecule has 7 nitrogen and oxygen atoms in total. The lowest BCUT2D eigenvalue weighted by molar-refractivity contribution is -0.120. The van der Waals surface area contributed by atoms with Crippen molar-refractivity contribution in [2.45, 2.75) is 26.7 Å². The van der Waals surface area contributed by atoms with Gasteiger partial charge in [0, 0.05) is 16.5 Å². The van der Waals surface area contributed by atoms with E-state index in [0.717, 1.165) is 29.3 Å². The molecule has 0 radical (unpaired) electrons. The normalized spacial score (nSPS) is 11.0. The SMILES string of the molecule is CCCCOc1ccc(C(=O)NCC(=O)NN=Cc2cc3ccc(C)cc3nc2Cl)cc1. The van der Waals surface area contributed by atoms with Crippen molar-refractivity contribution < 1.29 is 14.3 Å². The first-order valence-corrected chi connectivity index (χ1v) is 10.7. The number of pyridine rings is 1. The first-order chi connectivity index (χ1) is 15.5. The van der Waals surface area contributed by atoms with E-state index in [2.05, 4.69) is 27.8 Å². The summed E-state index contributed by atoms with van der Waals surface area (Å²) in [6, 6.07) is 14.5. The second-order valence-electron chi connectivity index (χ2n) is 7.27. The van der Waals surface area contributed by atoms with Gasteiger partial charge in [-0.2, -0.15) is 5.10 Å². The van der Waals surface area contributed by atoms with Crippen LogP contribution in [0.5, 0.6) is 5.75 Å². The Morgan fingerprint density at radius 3 is 2.69 bits per heavy atom. The largest absolute Gasteiger partial charge is 0.494 e. The molecular formula is C24H25ClN4O3. The Morgan fingerprint density at radius 2 is 1.94 bits per heavy atom. The van der Waals surface area contributed by atoms with Crippen LogP contribution in [0.1, 0.15) is 41.3 Å². The fraction of sp³-hybridized carbons (Fsp3) is 0.250. The van der Waals surface area contributed by atoms with Crippen molar-refractivity contribution in [1.82, 2.24) is 15.7 Å². The number of ether oxygens (including phenoxy) is 1. The molecule has 1 heterocycles. The van der Waals surface area contributed by atoms with Gasteiger partial charge in [0.25, 0.3) is 11.8 Å². The van der Waals surface area contributed by atoms with Crippen molar-refractivity contribution in [2.24, 2.45) is 5.10 Å². The summed E-state index contributed by atoms with van der Waals surface area (Å²) in [7, 11) is 0. The van der Waals surface area contributed by atoms with E-state index in [1.165, 1.54) is 6.21 Å². The van der Waals surface area contributed by atoms with Crippen molar-refractivity contribution in [2.75, 3.05) is 13.2 Å². The Balaban J connectivity index is 1.49. The number of nitrogens with one attached hydrogen (secondary N) is 2. The van der Waals surface area contributed by atoms with Gasteiger partial charge in [0.1, 0.15) is 10.9 Å². The standard InChI is InChI=1S/C24H25ClN4O3/c1-3-4-11-32-20-9-7-17(8-10-20)24(31)26-15-22(30)29-27-14-19-13-18-6-5-16(2)12-21(18)28-23(19)25/h5-10,12-14H,3-4,11,15H2,1-2H3,(H,26,31)(H,29,30). The molecule has 2 N–H and O–H groups in total. The highest BCUT2D eigenvalue weighted by atomic mass is 35.5. The van der Waals surface area contributed by atoms with Gasteiger partial charge in [-0.1, -0.05) is 37.1 Å². The van der Waals surface area contributed by atoms with E-state index >= 15 is 0 Å². The number of amides is 2. The van der Waals surface area contributed by atoms with Crippen molar-refractivity contribution in [3.63, 3.8) is 0 Å². The molecule has 3 aromatic rings. The van der Waals surface area contributed by atoms with Crippen molar-refractivity contribution in [3.8, 4) is 5.75 Å². The molecular weight excluding hydrogens is 428 g/mol. The Hall–Kier alpha value is -3.45. The van der Waals surface area contributed by atoms with Gasteiger partial charge in [-0.15, -0.1) is 0 Å². The number of hydrogen-bond donors (Lipinski definition) is 2. The molecule has 0 saturated carbocycles. The highest BCUT2D eigenvalue weighted by molar-refractivity contribution is 6.32. The molecule has 32 heavy (non-hydrogen) atoms. The van der Waals surface area contributed by atoms with Crippen LogP contribution in [0.25, 0.3) is 10.9 Å². The number of hydrogen-bond acceptors (Lipinski definition) is 5. The number of aromatic nitrogens is 1. The van der Waals surface area contributed by atoms with Crippen molar-refractivity contribution in [3.05, 3.63) is 70.4 Å². The third-order valence-corrected chi connectivity index (χ3v) is 4.94. The molecule has 0 aliphatic rings. The summed E-state index contributed by atoms with van der Waals surface area (Å²) in [5.74, 6) is -0.116. The Labute approximate surface area is 191 Å². The van der Waals surface area contributed by atoms with Gasteiger partial charge in [-0.3, -0.25) is 9.59 Å². The molecule has 0 bridgehead atoms. The van der Waals surface area contributed by atoms with Crippen LogP contribution in [-0.2, 0) is 4.79 Å². The van der Waals surface area contributed by atoms with Crippen LogP contribution in [-0.4, -0.2) is 36.2 Å². The lowest BCUT2D eigenvalue weighted by atomic mass is 10.1. The van der Waals surface area contributed by atoms with E-state index < -0.39 is 5.91 Å². The molecule has 0 saturated heterocycles. The van der Waals surface area contributed by atoms with Gasteiger partial charge in [-0.25, -0.2) is 10.4 Å². The fourth-order valence-corrected chi connectivity index (χ4v) is 3.07. The molecule has 0 fully saturated rings. The molecule has 0 spiro atoms. The van der Waals surface area contributed by atoms with E-state index in [4.69, 9.17) is 16.3 Å². The van der Waals surface area contributed by atoms with Crippen LogP contribution in [0.3, 0.4) is 0 Å². The Kier molecular flexibility index (Phi) is 8.16. The predicted octanol–water partition coefficient (Wildman–Crippen LogP) is 4.26. The molecule has 3 rings (SSSR count). The fourth-order valence-electron chi connectivity index (χ4n) is 2.87. The molecule has 2 amide bonds. The molecule has 0 aliphatic carbocycles. The third-order valence-electron chi connectivity index (χ3n) is 4.64. The molecule has 8 heteroatoms. The van der Waals surface area contributed by atoms with E-state index in [1.807, 2.05) is 31.2 Å². The van der Waals surface area contributed by atoms with Crippen LogP contribution in [0.15, 0.2) is 53.6 Å². The maximum atomic E-state index is 12.2. The van der Waals surface area contributed by atoms with E-state index in [0.29, 0.717) is 23.5 Å². The number of rotatable bonds is 9. The van der Waals surface area contributed by atoms with Gasteiger partial charge in [0.05, 0.1) is 24.9 Å². The average molecular weight is 453 g/mol. The molecule has 0 unspecified atom stereocenters. The number of unbranched alkanes of at least 4 members (excludes halogenated alkanes) is 1. The van der Waals surface area contributed by atoms with Gasteiger partial charge in [0.2, 0.25) is 0 Å². The van der Waals surface area contributed by atoms with Crippen LogP contribution >= 0.6 is 11.6 Å². The zero-order valence-electron chi connectivity index (χ0n) is 18.0. The minimum absolute atomic E-state index is 0.214.